The number of nitrogens with zero attached hydrogens (tertiary/aromatic N) is 3. The second kappa shape index (κ2) is 8.65. The molecule has 1 fully saturated rings. The largest absolute Gasteiger partial charge is 0.316 e. The summed E-state index contributed by atoms with van der Waals surface area (Å²) >= 11 is 6.52. The minimum absolute atomic E-state index is 0.228. The lowest BCUT2D eigenvalue weighted by molar-refractivity contribution is 0.371. The van der Waals surface area contributed by atoms with Crippen LogP contribution in [0, 0.1) is 5.92 Å². The Morgan fingerprint density at radius 3 is 2.66 bits per heavy atom. The Balaban J connectivity index is 1.62. The highest BCUT2D eigenvalue weighted by molar-refractivity contribution is 7.90. The number of hydrogen-bond acceptors (Lipinski definition) is 5. The molecule has 1 atom stereocenters. The first-order valence-corrected chi connectivity index (χ1v) is 12.5. The number of piperidine rings is 1. The van der Waals surface area contributed by atoms with E-state index in [2.05, 4.69) is 10.3 Å². The molecule has 4 aromatic rings. The Labute approximate surface area is 192 Å². The molecule has 1 aliphatic heterocycles. The van der Waals surface area contributed by atoms with Crippen molar-refractivity contribution in [2.24, 2.45) is 5.92 Å². The third kappa shape index (κ3) is 3.92. The topological polar surface area (TPSA) is 76.9 Å². The van der Waals surface area contributed by atoms with Crippen LogP contribution in [0.2, 0.25) is 5.02 Å². The van der Waals surface area contributed by atoms with Gasteiger partial charge in [-0.2, -0.15) is 0 Å². The third-order valence-corrected chi connectivity index (χ3v) is 7.86. The van der Waals surface area contributed by atoms with Crippen molar-refractivity contribution in [2.75, 3.05) is 13.1 Å². The summed E-state index contributed by atoms with van der Waals surface area (Å²) < 4.78 is 28.1. The molecule has 1 saturated heterocycles. The van der Waals surface area contributed by atoms with E-state index in [1.807, 2.05) is 18.2 Å². The molecular weight excluding hydrogens is 444 g/mol. The molecule has 0 radical (unpaired) electrons. The number of halogens is 1. The zero-order valence-electron chi connectivity index (χ0n) is 17.4. The van der Waals surface area contributed by atoms with Gasteiger partial charge < -0.3 is 5.32 Å². The number of aromatic nitrogens is 3. The fraction of sp³-hybridized carbons (Fsp3) is 0.250. The summed E-state index contributed by atoms with van der Waals surface area (Å²) in [5.74, 6) is 1.21. The van der Waals surface area contributed by atoms with E-state index in [-0.39, 0.29) is 4.90 Å². The van der Waals surface area contributed by atoms with Crippen LogP contribution in [0.3, 0.4) is 0 Å². The highest BCUT2D eigenvalue weighted by Gasteiger charge is 2.23. The molecule has 1 N–H and O–H groups in total. The Kier molecular flexibility index (Phi) is 5.71. The van der Waals surface area contributed by atoms with E-state index < -0.39 is 10.0 Å². The molecular formula is C24H23ClN4O2S. The summed E-state index contributed by atoms with van der Waals surface area (Å²) in [4.78, 5) is 9.45. The van der Waals surface area contributed by atoms with Crippen LogP contribution in [0.15, 0.2) is 71.9 Å². The van der Waals surface area contributed by atoms with Gasteiger partial charge in [-0.05, 0) is 50.0 Å². The highest BCUT2D eigenvalue weighted by Crippen LogP contribution is 2.35. The predicted octanol–water partition coefficient (Wildman–Crippen LogP) is 4.53. The van der Waals surface area contributed by atoms with Gasteiger partial charge in [-0.25, -0.2) is 22.4 Å². The predicted molar refractivity (Wildman–Crippen MR) is 126 cm³/mol. The summed E-state index contributed by atoms with van der Waals surface area (Å²) in [7, 11) is -3.78. The van der Waals surface area contributed by atoms with Gasteiger partial charge in [0.15, 0.2) is 0 Å². The number of hydrogen-bond donors (Lipinski definition) is 1. The van der Waals surface area contributed by atoms with Crippen LogP contribution in [0.4, 0.5) is 0 Å². The van der Waals surface area contributed by atoms with Gasteiger partial charge in [0.2, 0.25) is 0 Å². The minimum atomic E-state index is -3.78. The Bertz CT molecular complexity index is 1360. The lowest BCUT2D eigenvalue weighted by atomic mass is 9.96. The first-order chi connectivity index (χ1) is 15.5. The molecule has 5 rings (SSSR count). The molecule has 8 heteroatoms. The van der Waals surface area contributed by atoms with Gasteiger partial charge in [0.05, 0.1) is 21.1 Å². The molecule has 1 aliphatic rings. The molecule has 6 nitrogen and oxygen atoms in total. The molecule has 0 amide bonds. The lowest BCUT2D eigenvalue weighted by Crippen LogP contribution is -2.31. The van der Waals surface area contributed by atoms with Crippen molar-refractivity contribution in [3.05, 3.63) is 77.8 Å². The fourth-order valence-corrected chi connectivity index (χ4v) is 5.87. The van der Waals surface area contributed by atoms with Gasteiger partial charge in [0.1, 0.15) is 5.82 Å². The average Bonchev–Trinajstić information content (AvgIpc) is 3.22. The zero-order valence-corrected chi connectivity index (χ0v) is 19.0. The molecule has 164 valence electrons. The van der Waals surface area contributed by atoms with Crippen LogP contribution >= 0.6 is 11.6 Å². The van der Waals surface area contributed by atoms with Crippen molar-refractivity contribution in [3.63, 3.8) is 0 Å². The van der Waals surface area contributed by atoms with E-state index in [0.717, 1.165) is 43.6 Å². The lowest BCUT2D eigenvalue weighted by Gasteiger charge is -2.22. The van der Waals surface area contributed by atoms with E-state index in [4.69, 9.17) is 16.6 Å². The van der Waals surface area contributed by atoms with E-state index in [0.29, 0.717) is 27.7 Å². The maximum Gasteiger partial charge on any atom is 0.268 e. The van der Waals surface area contributed by atoms with E-state index in [9.17, 15) is 8.42 Å². The number of para-hydroxylation sites is 1. The van der Waals surface area contributed by atoms with Crippen molar-refractivity contribution >= 4 is 32.5 Å². The maximum absolute atomic E-state index is 13.4. The first kappa shape index (κ1) is 21.1. The van der Waals surface area contributed by atoms with Crippen molar-refractivity contribution < 1.29 is 8.42 Å². The van der Waals surface area contributed by atoms with Gasteiger partial charge in [0, 0.05) is 29.8 Å². The van der Waals surface area contributed by atoms with Crippen LogP contribution in [0.25, 0.3) is 22.2 Å². The normalized spacial score (nSPS) is 17.0. The second-order valence-electron chi connectivity index (χ2n) is 8.07. The minimum Gasteiger partial charge on any atom is -0.316 e. The van der Waals surface area contributed by atoms with E-state index in [1.165, 1.54) is 3.97 Å². The summed E-state index contributed by atoms with van der Waals surface area (Å²) in [5.41, 5.74) is 1.81. The van der Waals surface area contributed by atoms with Gasteiger partial charge >= 0.3 is 0 Å². The molecule has 0 saturated carbocycles. The van der Waals surface area contributed by atoms with Gasteiger partial charge in [-0.15, -0.1) is 0 Å². The number of nitrogens with one attached hydrogen (secondary N) is 1. The zero-order chi connectivity index (χ0) is 22.1. The fourth-order valence-electron chi connectivity index (χ4n) is 4.29. The molecule has 2 aromatic carbocycles. The second-order valence-corrected chi connectivity index (χ2v) is 10.3. The van der Waals surface area contributed by atoms with Crippen LogP contribution < -0.4 is 5.32 Å². The van der Waals surface area contributed by atoms with Gasteiger partial charge in [0.25, 0.3) is 10.0 Å². The van der Waals surface area contributed by atoms with Crippen LogP contribution in [-0.4, -0.2) is 35.4 Å². The molecule has 0 aliphatic carbocycles. The van der Waals surface area contributed by atoms with Crippen LogP contribution in [0.5, 0.6) is 0 Å². The number of rotatable bonds is 5. The third-order valence-electron chi connectivity index (χ3n) is 5.90. The summed E-state index contributed by atoms with van der Waals surface area (Å²) in [6.45, 7) is 2.01. The van der Waals surface area contributed by atoms with Crippen LogP contribution in [0.1, 0.15) is 18.7 Å². The molecule has 0 bridgehead atoms. The Morgan fingerprint density at radius 1 is 1.09 bits per heavy atom. The molecule has 3 heterocycles. The first-order valence-electron chi connectivity index (χ1n) is 10.7. The van der Waals surface area contributed by atoms with Gasteiger partial charge in [-0.1, -0.05) is 48.0 Å². The van der Waals surface area contributed by atoms with Gasteiger partial charge in [-0.3, -0.25) is 0 Å². The number of benzene rings is 2. The average molecular weight is 467 g/mol. The van der Waals surface area contributed by atoms with Crippen LogP contribution in [-0.2, 0) is 16.4 Å². The molecule has 0 unspecified atom stereocenters. The maximum atomic E-state index is 13.4. The molecule has 32 heavy (non-hydrogen) atoms. The highest BCUT2D eigenvalue weighted by atomic mass is 35.5. The van der Waals surface area contributed by atoms with E-state index >= 15 is 0 Å². The number of fused-ring (bicyclic) bond motifs is 1. The van der Waals surface area contributed by atoms with Crippen molar-refractivity contribution in [1.82, 2.24) is 19.3 Å². The van der Waals surface area contributed by atoms with Crippen molar-refractivity contribution in [1.29, 1.82) is 0 Å². The standard InChI is InChI=1S/C24H23ClN4O2S/c25-21-15-27-23(13-17-7-6-12-26-14-17)28-24(21)20-16-29(22-11-5-4-10-19(20)22)32(30,31)18-8-2-1-3-9-18/h1-5,8-11,15-17,26H,6-7,12-14H2/t17-/m0/s1. The Hall–Kier alpha value is -2.74. The van der Waals surface area contributed by atoms with E-state index in [1.54, 1.807) is 48.8 Å². The van der Waals surface area contributed by atoms with Crippen molar-refractivity contribution in [2.45, 2.75) is 24.2 Å². The SMILES string of the molecule is O=S(=O)(c1ccccc1)n1cc(-c2nc(C[C@@H]3CCCNC3)ncc2Cl)c2ccccc21. The Morgan fingerprint density at radius 2 is 1.88 bits per heavy atom. The molecule has 2 aromatic heterocycles. The molecule has 0 spiro atoms. The summed E-state index contributed by atoms with van der Waals surface area (Å²) in [6, 6.07) is 15.8. The summed E-state index contributed by atoms with van der Waals surface area (Å²) in [6.07, 6.45) is 6.29. The monoisotopic (exact) mass is 466 g/mol. The quantitative estimate of drug-likeness (QED) is 0.467. The summed E-state index contributed by atoms with van der Waals surface area (Å²) in [5, 5.41) is 4.60. The van der Waals surface area contributed by atoms with Crippen molar-refractivity contribution in [3.8, 4) is 11.3 Å². The smallest absolute Gasteiger partial charge is 0.268 e.